The van der Waals surface area contributed by atoms with Gasteiger partial charge in [-0.15, -0.1) is 0 Å². The van der Waals surface area contributed by atoms with E-state index in [0.29, 0.717) is 17.5 Å². The zero-order chi connectivity index (χ0) is 22.1. The van der Waals surface area contributed by atoms with Crippen LogP contribution in [-0.2, 0) is 4.74 Å². The average molecular weight is 423 g/mol. The predicted octanol–water partition coefficient (Wildman–Crippen LogP) is 6.92. The number of benzene rings is 2. The van der Waals surface area contributed by atoms with Crippen molar-refractivity contribution < 1.29 is 14.2 Å². The summed E-state index contributed by atoms with van der Waals surface area (Å²) in [6, 6.07) is 9.73. The minimum absolute atomic E-state index is 0.0873. The van der Waals surface area contributed by atoms with Gasteiger partial charge in [-0.05, 0) is 68.5 Å². The summed E-state index contributed by atoms with van der Waals surface area (Å²) in [6.07, 6.45) is 12.8. The normalized spacial score (nSPS) is 12.6. The molecule has 3 aromatic rings. The first-order valence-corrected chi connectivity index (χ1v) is 11.1. The number of hydrogen-bond acceptors (Lipinski definition) is 4. The maximum atomic E-state index is 14.1. The second-order valence-electron chi connectivity index (χ2n) is 7.89. The third-order valence-electron chi connectivity index (χ3n) is 5.26. The van der Waals surface area contributed by atoms with Gasteiger partial charge in [0, 0.05) is 29.8 Å². The molecule has 1 N–H and O–H groups in total. The quantitative estimate of drug-likeness (QED) is 0.341. The van der Waals surface area contributed by atoms with Crippen LogP contribution in [0.25, 0.3) is 28.1 Å². The standard InChI is InChI=1S/C26H31FN2O2/c1-3-4-8-15-31-19(2)9-6-5-7-10-26-28-18-21-16-20(11-14-25(21)29-26)23-13-12-22(30)17-24(23)27/h7,10-14,16-19,30H,3-6,8-9,15H2,1-2H3/b10-7+. The molecule has 1 unspecified atom stereocenters. The molecule has 0 saturated carbocycles. The van der Waals surface area contributed by atoms with E-state index in [0.717, 1.165) is 54.8 Å². The largest absolute Gasteiger partial charge is 0.508 e. The van der Waals surface area contributed by atoms with E-state index in [4.69, 9.17) is 4.74 Å². The van der Waals surface area contributed by atoms with Crippen LogP contribution in [-0.4, -0.2) is 27.8 Å². The molecule has 0 aliphatic rings. The number of phenols is 1. The fourth-order valence-electron chi connectivity index (χ4n) is 3.47. The Kier molecular flexibility index (Phi) is 8.53. The Bertz CT molecular complexity index is 1020. The molecule has 1 aromatic heterocycles. The van der Waals surface area contributed by atoms with Crippen LogP contribution < -0.4 is 0 Å². The van der Waals surface area contributed by atoms with Crippen molar-refractivity contribution >= 4 is 17.0 Å². The number of aromatic nitrogens is 2. The second kappa shape index (κ2) is 11.6. The number of phenolic OH excluding ortho intramolecular Hbond substituents is 1. The van der Waals surface area contributed by atoms with Crippen molar-refractivity contribution in [2.45, 2.75) is 58.5 Å². The van der Waals surface area contributed by atoms with Crippen LogP contribution in [0, 0.1) is 5.82 Å². The molecular formula is C26H31FN2O2. The average Bonchev–Trinajstić information content (AvgIpc) is 2.76. The Balaban J connectivity index is 1.54. The van der Waals surface area contributed by atoms with E-state index in [2.05, 4.69) is 29.9 Å². The van der Waals surface area contributed by atoms with E-state index in [1.165, 1.54) is 18.9 Å². The lowest BCUT2D eigenvalue weighted by Crippen LogP contribution is -2.08. The molecule has 1 heterocycles. The fraction of sp³-hybridized carbons (Fsp3) is 0.385. The Labute approximate surface area is 183 Å². The van der Waals surface area contributed by atoms with Gasteiger partial charge >= 0.3 is 0 Å². The number of unbranched alkanes of at least 4 members (excludes halogenated alkanes) is 3. The van der Waals surface area contributed by atoms with Crippen LogP contribution in [0.1, 0.15) is 58.2 Å². The van der Waals surface area contributed by atoms with Crippen molar-refractivity contribution in [3.05, 3.63) is 60.3 Å². The monoisotopic (exact) mass is 422 g/mol. The van der Waals surface area contributed by atoms with Crippen molar-refractivity contribution in [1.82, 2.24) is 9.97 Å². The minimum atomic E-state index is -0.458. The number of nitrogens with zero attached hydrogens (tertiary/aromatic N) is 2. The molecule has 164 valence electrons. The van der Waals surface area contributed by atoms with Gasteiger partial charge in [-0.25, -0.2) is 14.4 Å². The van der Waals surface area contributed by atoms with Crippen LogP contribution in [0.2, 0.25) is 0 Å². The van der Waals surface area contributed by atoms with E-state index in [1.807, 2.05) is 24.3 Å². The molecule has 4 nitrogen and oxygen atoms in total. The number of aromatic hydroxyl groups is 1. The Morgan fingerprint density at radius 2 is 2.00 bits per heavy atom. The highest BCUT2D eigenvalue weighted by Crippen LogP contribution is 2.28. The first-order valence-electron chi connectivity index (χ1n) is 11.1. The molecule has 31 heavy (non-hydrogen) atoms. The summed E-state index contributed by atoms with van der Waals surface area (Å²) >= 11 is 0. The number of ether oxygens (including phenoxy) is 1. The van der Waals surface area contributed by atoms with Crippen molar-refractivity contribution in [2.75, 3.05) is 6.61 Å². The number of fused-ring (bicyclic) bond motifs is 1. The number of allylic oxidation sites excluding steroid dienone is 1. The van der Waals surface area contributed by atoms with Crippen LogP contribution in [0.15, 0.2) is 48.7 Å². The van der Waals surface area contributed by atoms with Gasteiger partial charge in [0.1, 0.15) is 11.6 Å². The van der Waals surface area contributed by atoms with Crippen LogP contribution in [0.3, 0.4) is 0 Å². The van der Waals surface area contributed by atoms with Gasteiger partial charge in [0.2, 0.25) is 0 Å². The van der Waals surface area contributed by atoms with Gasteiger partial charge < -0.3 is 9.84 Å². The second-order valence-corrected chi connectivity index (χ2v) is 7.89. The zero-order valence-corrected chi connectivity index (χ0v) is 18.4. The summed E-state index contributed by atoms with van der Waals surface area (Å²) in [6.45, 7) is 5.20. The van der Waals surface area contributed by atoms with E-state index in [-0.39, 0.29) is 5.75 Å². The molecule has 0 spiro atoms. The highest BCUT2D eigenvalue weighted by molar-refractivity contribution is 5.84. The minimum Gasteiger partial charge on any atom is -0.508 e. The third-order valence-corrected chi connectivity index (χ3v) is 5.26. The first-order chi connectivity index (χ1) is 15.1. The van der Waals surface area contributed by atoms with Gasteiger partial charge in [-0.3, -0.25) is 0 Å². The summed E-state index contributed by atoms with van der Waals surface area (Å²) in [5.74, 6) is 0.121. The lowest BCUT2D eigenvalue weighted by atomic mass is 10.0. The molecule has 0 aliphatic carbocycles. The van der Waals surface area contributed by atoms with E-state index in [1.54, 1.807) is 12.3 Å². The summed E-state index contributed by atoms with van der Waals surface area (Å²) in [7, 11) is 0. The fourth-order valence-corrected chi connectivity index (χ4v) is 3.47. The molecule has 3 rings (SSSR count). The van der Waals surface area contributed by atoms with Crippen molar-refractivity contribution in [3.63, 3.8) is 0 Å². The molecule has 1 atom stereocenters. The lowest BCUT2D eigenvalue weighted by Gasteiger charge is -2.11. The molecule has 0 radical (unpaired) electrons. The SMILES string of the molecule is CCCCCOC(C)CCC/C=C/c1ncc2cc(-c3ccc(O)cc3F)ccc2n1. The van der Waals surface area contributed by atoms with Gasteiger partial charge in [0.25, 0.3) is 0 Å². The van der Waals surface area contributed by atoms with E-state index < -0.39 is 5.82 Å². The van der Waals surface area contributed by atoms with E-state index >= 15 is 0 Å². The Hall–Kier alpha value is -2.79. The maximum absolute atomic E-state index is 14.1. The highest BCUT2D eigenvalue weighted by atomic mass is 19.1. The predicted molar refractivity (Wildman–Crippen MR) is 124 cm³/mol. The van der Waals surface area contributed by atoms with E-state index in [9.17, 15) is 9.50 Å². The van der Waals surface area contributed by atoms with Gasteiger partial charge in [-0.1, -0.05) is 31.9 Å². The smallest absolute Gasteiger partial charge is 0.152 e. The summed E-state index contributed by atoms with van der Waals surface area (Å²) in [5.41, 5.74) is 1.97. The van der Waals surface area contributed by atoms with Gasteiger partial charge in [0.15, 0.2) is 5.82 Å². The maximum Gasteiger partial charge on any atom is 0.152 e. The number of halogens is 1. The highest BCUT2D eigenvalue weighted by Gasteiger charge is 2.08. The molecule has 0 bridgehead atoms. The van der Waals surface area contributed by atoms with Crippen molar-refractivity contribution in [3.8, 4) is 16.9 Å². The number of rotatable bonds is 11. The summed E-state index contributed by atoms with van der Waals surface area (Å²) < 4.78 is 20.0. The first kappa shape index (κ1) is 22.9. The third kappa shape index (κ3) is 6.86. The van der Waals surface area contributed by atoms with Crippen LogP contribution in [0.4, 0.5) is 4.39 Å². The Morgan fingerprint density at radius 3 is 2.81 bits per heavy atom. The molecule has 2 aromatic carbocycles. The van der Waals surface area contributed by atoms with Crippen LogP contribution in [0.5, 0.6) is 5.75 Å². The molecule has 5 heteroatoms. The molecule has 0 amide bonds. The van der Waals surface area contributed by atoms with Gasteiger partial charge in [-0.2, -0.15) is 0 Å². The molecule has 0 saturated heterocycles. The number of hydrogen-bond donors (Lipinski definition) is 1. The zero-order valence-electron chi connectivity index (χ0n) is 18.4. The Morgan fingerprint density at radius 1 is 1.13 bits per heavy atom. The van der Waals surface area contributed by atoms with Gasteiger partial charge in [0.05, 0.1) is 11.6 Å². The molecule has 0 aliphatic heterocycles. The summed E-state index contributed by atoms with van der Waals surface area (Å²) in [4.78, 5) is 8.99. The molecular weight excluding hydrogens is 391 g/mol. The lowest BCUT2D eigenvalue weighted by molar-refractivity contribution is 0.0566. The summed E-state index contributed by atoms with van der Waals surface area (Å²) in [5, 5.41) is 10.2. The molecule has 0 fully saturated rings. The van der Waals surface area contributed by atoms with Crippen molar-refractivity contribution in [1.29, 1.82) is 0 Å². The van der Waals surface area contributed by atoms with Crippen molar-refractivity contribution in [2.24, 2.45) is 0 Å². The van der Waals surface area contributed by atoms with Crippen LogP contribution >= 0.6 is 0 Å². The topological polar surface area (TPSA) is 55.2 Å².